The van der Waals surface area contributed by atoms with Gasteiger partial charge in [0.2, 0.25) is 0 Å². The van der Waals surface area contributed by atoms with E-state index in [1.807, 2.05) is 0 Å². The van der Waals surface area contributed by atoms with Crippen LogP contribution in [0, 0.1) is 5.92 Å². The predicted octanol–water partition coefficient (Wildman–Crippen LogP) is 4.31. The molecule has 1 nitrogen and oxygen atoms in total. The van der Waals surface area contributed by atoms with Crippen LogP contribution in [0.5, 0.6) is 0 Å². The zero-order chi connectivity index (χ0) is 10.7. The molecule has 0 fully saturated rings. The monoisotopic (exact) mass is 222 g/mol. The summed E-state index contributed by atoms with van der Waals surface area (Å²) in [4.78, 5) is 10.3. The molecule has 15 heavy (non-hydrogen) atoms. The first-order valence-electron chi connectivity index (χ1n) is 5.82. The molecule has 0 saturated carbocycles. The van der Waals surface area contributed by atoms with Crippen molar-refractivity contribution in [3.63, 3.8) is 0 Å². The van der Waals surface area contributed by atoms with Crippen molar-refractivity contribution in [1.29, 1.82) is 0 Å². The fraction of sp³-hybridized carbons (Fsp3) is 0.538. The van der Waals surface area contributed by atoms with Crippen molar-refractivity contribution in [2.24, 2.45) is 5.92 Å². The van der Waals surface area contributed by atoms with Crippen molar-refractivity contribution in [3.8, 4) is 0 Å². The van der Waals surface area contributed by atoms with E-state index in [1.54, 1.807) is 0 Å². The summed E-state index contributed by atoms with van der Waals surface area (Å²) >= 11 is 0. The molecule has 0 aliphatic heterocycles. The van der Waals surface area contributed by atoms with Crippen molar-refractivity contribution in [3.05, 3.63) is 34.9 Å². The van der Waals surface area contributed by atoms with E-state index in [9.17, 15) is 4.89 Å². The maximum atomic E-state index is 10.3. The molecular formula is C13H19OP. The Kier molecular flexibility index (Phi) is 3.77. The smallest absolute Gasteiger partial charge is 0.0829 e. The Hall–Kier alpha value is -0.390. The van der Waals surface area contributed by atoms with Crippen LogP contribution in [0.25, 0.3) is 0 Å². The molecule has 2 aliphatic rings. The zero-order valence-electron chi connectivity index (χ0n) is 9.32. The topological polar surface area (TPSA) is 20.2 Å². The lowest BCUT2D eigenvalue weighted by molar-refractivity contribution is 0.515. The summed E-state index contributed by atoms with van der Waals surface area (Å²) < 4.78 is 0. The Bertz CT molecular complexity index is 314. The van der Waals surface area contributed by atoms with E-state index in [-0.39, 0.29) is 0 Å². The van der Waals surface area contributed by atoms with E-state index in [4.69, 9.17) is 0 Å². The van der Waals surface area contributed by atoms with E-state index in [1.165, 1.54) is 11.7 Å². The molecular weight excluding hydrogens is 203 g/mol. The highest BCUT2D eigenvalue weighted by Gasteiger charge is 2.20. The summed E-state index contributed by atoms with van der Waals surface area (Å²) in [7, 11) is -1.01. The number of rotatable bonds is 2. The van der Waals surface area contributed by atoms with Gasteiger partial charge in [-0.05, 0) is 43.3 Å². The van der Waals surface area contributed by atoms with Gasteiger partial charge < -0.3 is 4.89 Å². The average molecular weight is 222 g/mol. The van der Waals surface area contributed by atoms with Crippen LogP contribution in [-0.4, -0.2) is 4.89 Å². The van der Waals surface area contributed by atoms with Crippen LogP contribution in [0.1, 0.15) is 39.0 Å². The van der Waals surface area contributed by atoms with Crippen LogP contribution in [0.4, 0.5) is 0 Å². The highest BCUT2D eigenvalue weighted by molar-refractivity contribution is 7.60. The number of hydrogen-bond acceptors (Lipinski definition) is 1. The maximum absolute atomic E-state index is 10.3. The van der Waals surface area contributed by atoms with Crippen molar-refractivity contribution in [2.45, 2.75) is 39.0 Å². The SMILES string of the molecule is CC1CCC=C([P@@](O)C2=CCCC=C2)C1. The minimum Gasteiger partial charge on any atom is -0.365 e. The highest BCUT2D eigenvalue weighted by Crippen LogP contribution is 2.53. The lowest BCUT2D eigenvalue weighted by Gasteiger charge is -2.24. The summed E-state index contributed by atoms with van der Waals surface area (Å²) in [5.74, 6) is 0.746. The lowest BCUT2D eigenvalue weighted by Crippen LogP contribution is -2.02. The van der Waals surface area contributed by atoms with Crippen LogP contribution in [0.2, 0.25) is 0 Å². The first-order chi connectivity index (χ1) is 7.27. The first-order valence-corrected chi connectivity index (χ1v) is 7.11. The van der Waals surface area contributed by atoms with Gasteiger partial charge >= 0.3 is 0 Å². The molecule has 0 bridgehead atoms. The summed E-state index contributed by atoms with van der Waals surface area (Å²) in [5.41, 5.74) is 0. The van der Waals surface area contributed by atoms with Crippen LogP contribution < -0.4 is 0 Å². The Morgan fingerprint density at radius 1 is 1.27 bits per heavy atom. The summed E-state index contributed by atoms with van der Waals surface area (Å²) in [6.45, 7) is 2.28. The molecule has 0 amide bonds. The standard InChI is InChI=1S/C13H19OP/c1-11-6-5-9-13(10-11)15(14)12-7-3-2-4-8-12/h3,7-9,11,14H,2,4-6,10H2,1H3/t11?,15-/m0/s1. The molecule has 2 rings (SSSR count). The molecule has 0 spiro atoms. The Labute approximate surface area is 93.4 Å². The van der Waals surface area contributed by atoms with Gasteiger partial charge in [-0.2, -0.15) is 0 Å². The van der Waals surface area contributed by atoms with E-state index in [2.05, 4.69) is 31.2 Å². The Morgan fingerprint density at radius 3 is 2.80 bits per heavy atom. The van der Waals surface area contributed by atoms with E-state index >= 15 is 0 Å². The van der Waals surface area contributed by atoms with E-state index in [0.29, 0.717) is 0 Å². The molecule has 0 saturated heterocycles. The fourth-order valence-corrected chi connectivity index (χ4v) is 3.84. The van der Waals surface area contributed by atoms with Crippen LogP contribution in [-0.2, 0) is 0 Å². The van der Waals surface area contributed by atoms with Gasteiger partial charge in [-0.15, -0.1) is 0 Å². The minimum absolute atomic E-state index is 0.746. The first kappa shape index (κ1) is 11.1. The molecule has 0 aromatic rings. The molecule has 0 radical (unpaired) electrons. The summed E-state index contributed by atoms with van der Waals surface area (Å²) in [5, 5.41) is 2.46. The second-order valence-corrected chi connectivity index (χ2v) is 6.22. The third-order valence-electron chi connectivity index (χ3n) is 3.09. The summed E-state index contributed by atoms with van der Waals surface area (Å²) in [6.07, 6.45) is 14.5. The quantitative estimate of drug-likeness (QED) is 0.690. The fourth-order valence-electron chi connectivity index (χ4n) is 2.17. The van der Waals surface area contributed by atoms with Crippen molar-refractivity contribution in [1.82, 2.24) is 0 Å². The lowest BCUT2D eigenvalue weighted by atomic mass is 9.96. The molecule has 2 heteroatoms. The van der Waals surface area contributed by atoms with E-state index < -0.39 is 8.15 Å². The molecule has 0 aromatic heterocycles. The molecule has 1 unspecified atom stereocenters. The highest BCUT2D eigenvalue weighted by atomic mass is 31.1. The molecule has 82 valence electrons. The molecule has 0 heterocycles. The van der Waals surface area contributed by atoms with Crippen molar-refractivity contribution >= 4 is 8.15 Å². The Morgan fingerprint density at radius 2 is 2.13 bits per heavy atom. The van der Waals surface area contributed by atoms with Gasteiger partial charge in [0.25, 0.3) is 0 Å². The predicted molar refractivity (Wildman–Crippen MR) is 66.7 cm³/mol. The number of hydrogen-bond donors (Lipinski definition) is 1. The van der Waals surface area contributed by atoms with Crippen molar-refractivity contribution < 1.29 is 4.89 Å². The van der Waals surface area contributed by atoms with Gasteiger partial charge in [-0.25, -0.2) is 0 Å². The Balaban J connectivity index is 2.06. The van der Waals surface area contributed by atoms with Gasteiger partial charge in [0.15, 0.2) is 0 Å². The largest absolute Gasteiger partial charge is 0.365 e. The molecule has 1 N–H and O–H groups in total. The molecule has 0 aromatic carbocycles. The second kappa shape index (κ2) is 5.09. The summed E-state index contributed by atoms with van der Waals surface area (Å²) in [6, 6.07) is 0. The van der Waals surface area contributed by atoms with Crippen LogP contribution in [0.15, 0.2) is 34.9 Å². The van der Waals surface area contributed by atoms with Gasteiger partial charge in [-0.3, -0.25) is 0 Å². The van der Waals surface area contributed by atoms with Crippen LogP contribution in [0.3, 0.4) is 0 Å². The van der Waals surface area contributed by atoms with Crippen LogP contribution >= 0.6 is 8.15 Å². The van der Waals surface area contributed by atoms with Gasteiger partial charge in [0, 0.05) is 5.31 Å². The number of allylic oxidation sites excluding steroid dienone is 6. The molecule has 2 aliphatic carbocycles. The van der Waals surface area contributed by atoms with Crippen molar-refractivity contribution in [2.75, 3.05) is 0 Å². The van der Waals surface area contributed by atoms with Gasteiger partial charge in [0.1, 0.15) is 0 Å². The minimum atomic E-state index is -1.01. The second-order valence-electron chi connectivity index (χ2n) is 4.50. The zero-order valence-corrected chi connectivity index (χ0v) is 10.2. The average Bonchev–Trinajstić information content (AvgIpc) is 2.29. The van der Waals surface area contributed by atoms with Gasteiger partial charge in [-0.1, -0.05) is 31.2 Å². The van der Waals surface area contributed by atoms with Gasteiger partial charge in [0.05, 0.1) is 8.15 Å². The third kappa shape index (κ3) is 2.80. The molecule has 2 atom stereocenters. The third-order valence-corrected chi connectivity index (χ3v) is 4.82. The maximum Gasteiger partial charge on any atom is 0.0829 e. The van der Waals surface area contributed by atoms with E-state index in [0.717, 1.165) is 36.9 Å². The normalized spacial score (nSPS) is 28.3.